The Morgan fingerprint density at radius 2 is 2.00 bits per heavy atom. The van der Waals surface area contributed by atoms with Gasteiger partial charge in [-0.1, -0.05) is 13.8 Å². The van der Waals surface area contributed by atoms with Crippen molar-refractivity contribution in [2.24, 2.45) is 5.41 Å². The zero-order valence-electron chi connectivity index (χ0n) is 9.38. The van der Waals surface area contributed by atoms with E-state index in [1.165, 1.54) is 19.5 Å². The van der Waals surface area contributed by atoms with Crippen molar-refractivity contribution < 1.29 is 5.11 Å². The van der Waals surface area contributed by atoms with Crippen LogP contribution in [0.4, 0.5) is 0 Å². The van der Waals surface area contributed by atoms with E-state index in [9.17, 15) is 5.11 Å². The summed E-state index contributed by atoms with van der Waals surface area (Å²) in [6.07, 6.45) is 2.02. The second-order valence-electron chi connectivity index (χ2n) is 5.32. The van der Waals surface area contributed by atoms with Gasteiger partial charge in [-0.2, -0.15) is 0 Å². The molecule has 0 radical (unpaired) electrons. The van der Waals surface area contributed by atoms with Crippen molar-refractivity contribution in [3.05, 3.63) is 0 Å². The van der Waals surface area contributed by atoms with Crippen molar-refractivity contribution in [2.75, 3.05) is 13.1 Å². The first-order chi connectivity index (χ1) is 5.91. The van der Waals surface area contributed by atoms with Crippen molar-refractivity contribution in [3.8, 4) is 0 Å². The van der Waals surface area contributed by atoms with Gasteiger partial charge in [-0.15, -0.1) is 0 Å². The Bertz CT molecular complexity index is 165. The number of aliphatic hydroxyl groups is 1. The van der Waals surface area contributed by atoms with Gasteiger partial charge in [0.2, 0.25) is 0 Å². The fourth-order valence-electron chi connectivity index (χ4n) is 2.17. The molecule has 1 heterocycles. The van der Waals surface area contributed by atoms with Gasteiger partial charge >= 0.3 is 0 Å². The molecule has 1 fully saturated rings. The number of aliphatic hydroxyl groups excluding tert-OH is 1. The molecule has 0 aromatic heterocycles. The highest BCUT2D eigenvalue weighted by Crippen LogP contribution is 2.30. The Morgan fingerprint density at radius 1 is 1.38 bits per heavy atom. The summed E-state index contributed by atoms with van der Waals surface area (Å²) in [6, 6.07) is 0.529. The summed E-state index contributed by atoms with van der Waals surface area (Å²) >= 11 is 0. The molecule has 0 amide bonds. The maximum absolute atomic E-state index is 9.29. The van der Waals surface area contributed by atoms with Crippen LogP contribution in [0.1, 0.15) is 40.5 Å². The van der Waals surface area contributed by atoms with Crippen LogP contribution >= 0.6 is 0 Å². The van der Waals surface area contributed by atoms with Crippen LogP contribution in [0.3, 0.4) is 0 Å². The minimum Gasteiger partial charge on any atom is -0.393 e. The highest BCUT2D eigenvalue weighted by molar-refractivity contribution is 4.85. The quantitative estimate of drug-likeness (QED) is 0.725. The molecule has 1 aliphatic heterocycles. The van der Waals surface area contributed by atoms with Crippen molar-refractivity contribution in [3.63, 3.8) is 0 Å². The van der Waals surface area contributed by atoms with E-state index in [-0.39, 0.29) is 6.10 Å². The fraction of sp³-hybridized carbons (Fsp3) is 1.00. The lowest BCUT2D eigenvalue weighted by molar-refractivity contribution is 0.128. The molecular formula is C11H23NO. The number of hydrogen-bond acceptors (Lipinski definition) is 2. The minimum atomic E-state index is -0.168. The van der Waals surface area contributed by atoms with Gasteiger partial charge < -0.3 is 10.0 Å². The maximum atomic E-state index is 9.29. The number of hydrogen-bond donors (Lipinski definition) is 1. The molecule has 0 aliphatic carbocycles. The SMILES string of the molecule is CC(O)CC(C)N1CCC(C)(C)C1. The van der Waals surface area contributed by atoms with E-state index in [2.05, 4.69) is 25.7 Å². The topological polar surface area (TPSA) is 23.5 Å². The van der Waals surface area contributed by atoms with E-state index < -0.39 is 0 Å². The van der Waals surface area contributed by atoms with Crippen LogP contribution in [0.2, 0.25) is 0 Å². The summed E-state index contributed by atoms with van der Waals surface area (Å²) in [6.45, 7) is 11.1. The van der Waals surface area contributed by atoms with Crippen molar-refractivity contribution in [1.82, 2.24) is 4.90 Å². The largest absolute Gasteiger partial charge is 0.393 e. The Balaban J connectivity index is 2.37. The van der Waals surface area contributed by atoms with Gasteiger partial charge in [-0.05, 0) is 38.6 Å². The van der Waals surface area contributed by atoms with E-state index in [4.69, 9.17) is 0 Å². The standard InChI is InChI=1S/C11H23NO/c1-9(7-10(2)13)12-6-5-11(3,4)8-12/h9-10,13H,5-8H2,1-4H3. The van der Waals surface area contributed by atoms with E-state index in [1.54, 1.807) is 0 Å². The number of rotatable bonds is 3. The molecule has 1 aliphatic rings. The normalized spacial score (nSPS) is 27.5. The molecule has 13 heavy (non-hydrogen) atoms. The van der Waals surface area contributed by atoms with Crippen LogP contribution in [0.25, 0.3) is 0 Å². The van der Waals surface area contributed by atoms with Crippen LogP contribution in [0.15, 0.2) is 0 Å². The molecule has 0 aromatic carbocycles. The summed E-state index contributed by atoms with van der Waals surface area (Å²) in [5.41, 5.74) is 0.479. The van der Waals surface area contributed by atoms with Crippen LogP contribution in [-0.2, 0) is 0 Å². The molecule has 2 nitrogen and oxygen atoms in total. The first kappa shape index (κ1) is 11.0. The van der Waals surface area contributed by atoms with Gasteiger partial charge in [0.15, 0.2) is 0 Å². The van der Waals surface area contributed by atoms with E-state index in [1.807, 2.05) is 6.92 Å². The van der Waals surface area contributed by atoms with Crippen LogP contribution < -0.4 is 0 Å². The lowest BCUT2D eigenvalue weighted by Gasteiger charge is -2.26. The summed E-state index contributed by atoms with van der Waals surface area (Å²) in [4.78, 5) is 2.49. The first-order valence-electron chi connectivity index (χ1n) is 5.33. The molecule has 2 atom stereocenters. The molecule has 2 unspecified atom stereocenters. The first-order valence-corrected chi connectivity index (χ1v) is 5.33. The minimum absolute atomic E-state index is 0.168. The Kier molecular flexibility index (Phi) is 3.36. The predicted octanol–water partition coefficient (Wildman–Crippen LogP) is 1.88. The molecule has 0 spiro atoms. The van der Waals surface area contributed by atoms with Crippen molar-refractivity contribution in [1.29, 1.82) is 0 Å². The summed E-state index contributed by atoms with van der Waals surface area (Å²) in [5.74, 6) is 0. The molecule has 0 saturated carbocycles. The Labute approximate surface area is 81.9 Å². The second kappa shape index (κ2) is 3.97. The molecule has 0 bridgehead atoms. The molecule has 1 rings (SSSR count). The Morgan fingerprint density at radius 3 is 2.38 bits per heavy atom. The monoisotopic (exact) mass is 185 g/mol. The highest BCUT2D eigenvalue weighted by Gasteiger charge is 2.31. The second-order valence-corrected chi connectivity index (χ2v) is 5.32. The van der Waals surface area contributed by atoms with E-state index in [0.717, 1.165) is 6.42 Å². The molecular weight excluding hydrogens is 162 g/mol. The van der Waals surface area contributed by atoms with Crippen LogP contribution in [-0.4, -0.2) is 35.2 Å². The third kappa shape index (κ3) is 3.28. The van der Waals surface area contributed by atoms with Crippen LogP contribution in [0.5, 0.6) is 0 Å². The summed E-state index contributed by atoms with van der Waals surface area (Å²) in [5, 5.41) is 9.29. The van der Waals surface area contributed by atoms with Gasteiger partial charge in [0.05, 0.1) is 6.10 Å². The lowest BCUT2D eigenvalue weighted by Crippen LogP contribution is -2.34. The highest BCUT2D eigenvalue weighted by atomic mass is 16.3. The van der Waals surface area contributed by atoms with Crippen molar-refractivity contribution in [2.45, 2.75) is 52.7 Å². The van der Waals surface area contributed by atoms with Gasteiger partial charge in [0, 0.05) is 12.6 Å². The van der Waals surface area contributed by atoms with Gasteiger partial charge in [-0.25, -0.2) is 0 Å². The lowest BCUT2D eigenvalue weighted by atomic mass is 9.93. The van der Waals surface area contributed by atoms with E-state index >= 15 is 0 Å². The number of nitrogens with zero attached hydrogens (tertiary/aromatic N) is 1. The van der Waals surface area contributed by atoms with Gasteiger partial charge in [-0.3, -0.25) is 0 Å². The fourth-order valence-corrected chi connectivity index (χ4v) is 2.17. The molecule has 0 aromatic rings. The molecule has 1 N–H and O–H groups in total. The third-order valence-corrected chi connectivity index (χ3v) is 3.01. The maximum Gasteiger partial charge on any atom is 0.0526 e. The zero-order valence-corrected chi connectivity index (χ0v) is 9.38. The van der Waals surface area contributed by atoms with E-state index in [0.29, 0.717) is 11.5 Å². The number of likely N-dealkylation sites (tertiary alicyclic amines) is 1. The van der Waals surface area contributed by atoms with Gasteiger partial charge in [0.25, 0.3) is 0 Å². The van der Waals surface area contributed by atoms with Crippen LogP contribution in [0, 0.1) is 5.41 Å². The predicted molar refractivity (Wildman–Crippen MR) is 55.7 cm³/mol. The summed E-state index contributed by atoms with van der Waals surface area (Å²) in [7, 11) is 0. The third-order valence-electron chi connectivity index (χ3n) is 3.01. The summed E-state index contributed by atoms with van der Waals surface area (Å²) < 4.78 is 0. The average molecular weight is 185 g/mol. The molecule has 78 valence electrons. The molecule has 2 heteroatoms. The zero-order chi connectivity index (χ0) is 10.1. The van der Waals surface area contributed by atoms with Gasteiger partial charge in [0.1, 0.15) is 0 Å². The Hall–Kier alpha value is -0.0800. The smallest absolute Gasteiger partial charge is 0.0526 e. The molecule has 1 saturated heterocycles. The average Bonchev–Trinajstić information content (AvgIpc) is 2.28. The van der Waals surface area contributed by atoms with Crippen molar-refractivity contribution >= 4 is 0 Å².